The molecule has 0 saturated carbocycles. The summed E-state index contributed by atoms with van der Waals surface area (Å²) in [5.74, 6) is -0.638. The second-order valence-corrected chi connectivity index (χ2v) is 6.70. The number of nitro benzene ring substituents is 1. The van der Waals surface area contributed by atoms with E-state index in [2.05, 4.69) is 5.32 Å². The second-order valence-electron chi connectivity index (χ2n) is 6.70. The Morgan fingerprint density at radius 2 is 1.96 bits per heavy atom. The van der Waals surface area contributed by atoms with Gasteiger partial charge in [0, 0.05) is 37.3 Å². The number of amides is 2. The van der Waals surface area contributed by atoms with E-state index in [0.717, 1.165) is 25.9 Å². The third kappa shape index (κ3) is 4.71. The Labute approximate surface area is 153 Å². The van der Waals surface area contributed by atoms with Crippen LogP contribution in [0.3, 0.4) is 0 Å². The number of nitrogens with one attached hydrogen (secondary N) is 1. The largest absolute Gasteiger partial charge is 0.366 e. The summed E-state index contributed by atoms with van der Waals surface area (Å²) in [6.07, 6.45) is 2.01. The van der Waals surface area contributed by atoms with E-state index in [9.17, 15) is 19.7 Å². The maximum atomic E-state index is 12.7. The highest BCUT2D eigenvalue weighted by Gasteiger charge is 2.25. The van der Waals surface area contributed by atoms with Crippen molar-refractivity contribution < 1.29 is 14.5 Å². The number of hydrogen-bond donors (Lipinski definition) is 1. The van der Waals surface area contributed by atoms with Crippen LogP contribution < -0.4 is 10.2 Å². The number of carbonyl (C=O) groups excluding carboxylic acids is 2. The quantitative estimate of drug-likeness (QED) is 0.592. The molecule has 1 aromatic rings. The zero-order valence-electron chi connectivity index (χ0n) is 15.5. The van der Waals surface area contributed by atoms with Gasteiger partial charge in [0.25, 0.3) is 11.6 Å². The average molecular weight is 362 g/mol. The van der Waals surface area contributed by atoms with Gasteiger partial charge in [-0.1, -0.05) is 0 Å². The lowest BCUT2D eigenvalue weighted by molar-refractivity contribution is -0.384. The van der Waals surface area contributed by atoms with Crippen molar-refractivity contribution >= 4 is 23.2 Å². The molecular formula is C18H26N4O4. The van der Waals surface area contributed by atoms with Crippen LogP contribution in [0.4, 0.5) is 11.4 Å². The van der Waals surface area contributed by atoms with Gasteiger partial charge in [0.1, 0.15) is 5.69 Å². The number of nitrogens with zero attached hydrogens (tertiary/aromatic N) is 3. The van der Waals surface area contributed by atoms with E-state index in [4.69, 9.17) is 0 Å². The summed E-state index contributed by atoms with van der Waals surface area (Å²) >= 11 is 0. The van der Waals surface area contributed by atoms with Crippen LogP contribution in [0.25, 0.3) is 0 Å². The minimum atomic E-state index is -0.452. The molecule has 2 rings (SSSR count). The third-order valence-corrected chi connectivity index (χ3v) is 4.32. The Balaban J connectivity index is 2.22. The van der Waals surface area contributed by atoms with Gasteiger partial charge in [0.15, 0.2) is 0 Å². The highest BCUT2D eigenvalue weighted by atomic mass is 16.6. The van der Waals surface area contributed by atoms with Gasteiger partial charge in [-0.3, -0.25) is 19.7 Å². The first kappa shape index (κ1) is 19.7. The fourth-order valence-corrected chi connectivity index (χ4v) is 3.08. The average Bonchev–Trinajstić information content (AvgIpc) is 3.12. The molecule has 0 bridgehead atoms. The molecular weight excluding hydrogens is 336 g/mol. The van der Waals surface area contributed by atoms with Crippen molar-refractivity contribution in [3.63, 3.8) is 0 Å². The molecule has 0 aliphatic carbocycles. The van der Waals surface area contributed by atoms with Crippen LogP contribution in [0.5, 0.6) is 0 Å². The van der Waals surface area contributed by atoms with Crippen molar-refractivity contribution in [2.24, 2.45) is 0 Å². The Morgan fingerprint density at radius 1 is 1.31 bits per heavy atom. The molecule has 2 amide bonds. The van der Waals surface area contributed by atoms with Crippen molar-refractivity contribution in [2.75, 3.05) is 31.1 Å². The number of carbonyl (C=O) groups is 2. The maximum Gasteiger partial charge on any atom is 0.293 e. The zero-order chi connectivity index (χ0) is 19.3. The van der Waals surface area contributed by atoms with Crippen LogP contribution in [-0.4, -0.2) is 53.9 Å². The normalized spacial score (nSPS) is 13.8. The van der Waals surface area contributed by atoms with Crippen molar-refractivity contribution in [3.8, 4) is 0 Å². The fourth-order valence-electron chi connectivity index (χ4n) is 3.08. The van der Waals surface area contributed by atoms with E-state index in [1.807, 2.05) is 18.7 Å². The van der Waals surface area contributed by atoms with E-state index in [1.54, 1.807) is 19.1 Å². The van der Waals surface area contributed by atoms with Crippen LogP contribution in [0.15, 0.2) is 18.2 Å². The monoisotopic (exact) mass is 362 g/mol. The summed E-state index contributed by atoms with van der Waals surface area (Å²) in [7, 11) is 0. The lowest BCUT2D eigenvalue weighted by Gasteiger charge is -2.22. The first-order valence-electron chi connectivity index (χ1n) is 8.95. The molecule has 0 aromatic heterocycles. The summed E-state index contributed by atoms with van der Waals surface area (Å²) in [4.78, 5) is 39.0. The smallest absolute Gasteiger partial charge is 0.293 e. The summed E-state index contributed by atoms with van der Waals surface area (Å²) < 4.78 is 0. The number of benzene rings is 1. The minimum Gasteiger partial charge on any atom is -0.366 e. The molecule has 0 spiro atoms. The van der Waals surface area contributed by atoms with E-state index in [0.29, 0.717) is 12.2 Å². The van der Waals surface area contributed by atoms with Gasteiger partial charge in [-0.2, -0.15) is 0 Å². The van der Waals surface area contributed by atoms with Gasteiger partial charge in [0.2, 0.25) is 5.91 Å². The van der Waals surface area contributed by atoms with Crippen LogP contribution in [0, 0.1) is 10.1 Å². The van der Waals surface area contributed by atoms with Crippen LogP contribution in [0.1, 0.15) is 44.0 Å². The molecule has 0 radical (unpaired) electrons. The van der Waals surface area contributed by atoms with Crippen LogP contribution in [-0.2, 0) is 4.79 Å². The standard InChI is InChI=1S/C18H26N4O4/c1-4-20(12-17(23)19-13(2)3)18(24)14-7-8-15(16(11-14)22(25)26)21-9-5-6-10-21/h7-8,11,13H,4-6,9-10,12H2,1-3H3,(H,19,23). The molecule has 142 valence electrons. The van der Waals surface area contributed by atoms with Crippen LogP contribution >= 0.6 is 0 Å². The lowest BCUT2D eigenvalue weighted by atomic mass is 10.1. The number of nitro groups is 1. The number of rotatable bonds is 7. The Morgan fingerprint density at radius 3 is 2.50 bits per heavy atom. The first-order chi connectivity index (χ1) is 12.3. The maximum absolute atomic E-state index is 12.7. The molecule has 8 heteroatoms. The molecule has 1 aromatic carbocycles. The highest BCUT2D eigenvalue weighted by molar-refractivity contribution is 5.97. The molecule has 1 aliphatic rings. The van der Waals surface area contributed by atoms with Gasteiger partial charge in [-0.25, -0.2) is 0 Å². The molecule has 0 unspecified atom stereocenters. The molecule has 1 aliphatic heterocycles. The van der Waals surface area contributed by atoms with E-state index in [1.165, 1.54) is 11.0 Å². The fraction of sp³-hybridized carbons (Fsp3) is 0.556. The number of hydrogen-bond acceptors (Lipinski definition) is 5. The number of anilines is 1. The summed E-state index contributed by atoms with van der Waals surface area (Å²) in [5.41, 5.74) is 0.698. The molecule has 0 atom stereocenters. The Kier molecular flexibility index (Phi) is 6.54. The van der Waals surface area contributed by atoms with Crippen molar-refractivity contribution in [1.29, 1.82) is 0 Å². The molecule has 1 N–H and O–H groups in total. The Bertz CT molecular complexity index is 684. The van der Waals surface area contributed by atoms with E-state index >= 15 is 0 Å². The van der Waals surface area contributed by atoms with Gasteiger partial charge in [-0.05, 0) is 45.7 Å². The lowest BCUT2D eigenvalue weighted by Crippen LogP contribution is -2.42. The highest BCUT2D eigenvalue weighted by Crippen LogP contribution is 2.32. The number of likely N-dealkylation sites (N-methyl/N-ethyl adjacent to an activating group) is 1. The van der Waals surface area contributed by atoms with E-state index < -0.39 is 4.92 Å². The first-order valence-corrected chi connectivity index (χ1v) is 8.95. The second kappa shape index (κ2) is 8.64. The predicted octanol–water partition coefficient (Wildman–Crippen LogP) is 2.18. The zero-order valence-corrected chi connectivity index (χ0v) is 15.5. The minimum absolute atomic E-state index is 0.0165. The van der Waals surface area contributed by atoms with Gasteiger partial charge < -0.3 is 15.1 Å². The summed E-state index contributed by atoms with van der Waals surface area (Å²) in [6.45, 7) is 7.29. The van der Waals surface area contributed by atoms with Gasteiger partial charge in [-0.15, -0.1) is 0 Å². The predicted molar refractivity (Wildman–Crippen MR) is 99.4 cm³/mol. The molecule has 26 heavy (non-hydrogen) atoms. The molecule has 8 nitrogen and oxygen atoms in total. The van der Waals surface area contributed by atoms with Crippen molar-refractivity contribution in [1.82, 2.24) is 10.2 Å². The molecule has 1 fully saturated rings. The summed E-state index contributed by atoms with van der Waals surface area (Å²) in [5, 5.41) is 14.2. The van der Waals surface area contributed by atoms with Crippen molar-refractivity contribution in [2.45, 2.75) is 39.7 Å². The van der Waals surface area contributed by atoms with Gasteiger partial charge >= 0.3 is 0 Å². The molecule has 1 heterocycles. The van der Waals surface area contributed by atoms with Gasteiger partial charge in [0.05, 0.1) is 11.5 Å². The topological polar surface area (TPSA) is 95.8 Å². The summed E-state index contributed by atoms with van der Waals surface area (Å²) in [6, 6.07) is 4.54. The van der Waals surface area contributed by atoms with Crippen LogP contribution in [0.2, 0.25) is 0 Å². The SMILES string of the molecule is CCN(CC(=O)NC(C)C)C(=O)c1ccc(N2CCCC2)c([N+](=O)[O-])c1. The molecule has 1 saturated heterocycles. The Hall–Kier alpha value is -2.64. The third-order valence-electron chi connectivity index (χ3n) is 4.32. The van der Waals surface area contributed by atoms with Crippen molar-refractivity contribution in [3.05, 3.63) is 33.9 Å². The van der Waals surface area contributed by atoms with E-state index in [-0.39, 0.29) is 35.7 Å².